The molecule has 1 aromatic heterocycles. The second-order valence-electron chi connectivity index (χ2n) is 6.73. The second kappa shape index (κ2) is 7.32. The maximum absolute atomic E-state index is 5.60. The largest absolute Gasteiger partial charge is 0.493 e. The molecule has 4 rings (SSSR count). The number of fused-ring (bicyclic) bond motifs is 1. The zero-order valence-electron chi connectivity index (χ0n) is 14.2. The highest BCUT2D eigenvalue weighted by atomic mass is 16.5. The monoisotopic (exact) mass is 323 g/mol. The standard InChI is InChI=1S/C20H25N3O/c1-2-8-21-19(3-1)6-9-22-10-12-23(13-11-22)16-17-4-5-20-18(15-17)7-14-24-20/h1-5,8,15H,6-7,9-14,16H2. The lowest BCUT2D eigenvalue weighted by atomic mass is 10.1. The Balaban J connectivity index is 1.24. The van der Waals surface area contributed by atoms with Gasteiger partial charge in [-0.1, -0.05) is 18.2 Å². The van der Waals surface area contributed by atoms with E-state index in [4.69, 9.17) is 4.74 Å². The van der Waals surface area contributed by atoms with Crippen molar-refractivity contribution in [1.82, 2.24) is 14.8 Å². The Hall–Kier alpha value is -1.91. The fourth-order valence-electron chi connectivity index (χ4n) is 3.59. The zero-order valence-corrected chi connectivity index (χ0v) is 14.2. The van der Waals surface area contributed by atoms with Crippen molar-refractivity contribution in [2.24, 2.45) is 0 Å². The average molecular weight is 323 g/mol. The molecule has 0 bridgehead atoms. The van der Waals surface area contributed by atoms with E-state index in [0.29, 0.717) is 0 Å². The summed E-state index contributed by atoms with van der Waals surface area (Å²) in [5.41, 5.74) is 3.99. The number of pyridine rings is 1. The summed E-state index contributed by atoms with van der Waals surface area (Å²) >= 11 is 0. The van der Waals surface area contributed by atoms with Crippen LogP contribution in [0.4, 0.5) is 0 Å². The first kappa shape index (κ1) is 15.6. The minimum Gasteiger partial charge on any atom is -0.493 e. The third-order valence-electron chi connectivity index (χ3n) is 5.04. The Morgan fingerprint density at radius 1 is 1.00 bits per heavy atom. The van der Waals surface area contributed by atoms with Gasteiger partial charge in [-0.15, -0.1) is 0 Å². The Morgan fingerprint density at radius 3 is 2.71 bits per heavy atom. The van der Waals surface area contributed by atoms with Crippen LogP contribution in [0, 0.1) is 0 Å². The molecule has 0 spiro atoms. The molecule has 2 aromatic rings. The fourth-order valence-corrected chi connectivity index (χ4v) is 3.59. The number of rotatable bonds is 5. The first-order valence-corrected chi connectivity index (χ1v) is 8.96. The van der Waals surface area contributed by atoms with Crippen molar-refractivity contribution in [2.75, 3.05) is 39.3 Å². The Kier molecular flexibility index (Phi) is 4.76. The van der Waals surface area contributed by atoms with Crippen molar-refractivity contribution in [2.45, 2.75) is 19.4 Å². The number of hydrogen-bond acceptors (Lipinski definition) is 4. The van der Waals surface area contributed by atoms with Crippen LogP contribution in [0.2, 0.25) is 0 Å². The quantitative estimate of drug-likeness (QED) is 0.845. The summed E-state index contributed by atoms with van der Waals surface area (Å²) in [7, 11) is 0. The lowest BCUT2D eigenvalue weighted by Crippen LogP contribution is -2.46. The van der Waals surface area contributed by atoms with Gasteiger partial charge in [-0.2, -0.15) is 0 Å². The summed E-state index contributed by atoms with van der Waals surface area (Å²) in [5.74, 6) is 1.08. The molecular formula is C20H25N3O. The summed E-state index contributed by atoms with van der Waals surface area (Å²) in [6.45, 7) is 7.61. The van der Waals surface area contributed by atoms with Gasteiger partial charge in [-0.25, -0.2) is 0 Å². The number of aromatic nitrogens is 1. The molecular weight excluding hydrogens is 298 g/mol. The normalized spacial score (nSPS) is 18.3. The molecule has 3 heterocycles. The summed E-state index contributed by atoms with van der Waals surface area (Å²) in [5, 5.41) is 0. The molecule has 2 aliphatic heterocycles. The van der Waals surface area contributed by atoms with Gasteiger partial charge < -0.3 is 9.64 Å². The highest BCUT2D eigenvalue weighted by Gasteiger charge is 2.18. The molecule has 4 nitrogen and oxygen atoms in total. The van der Waals surface area contributed by atoms with Crippen LogP contribution >= 0.6 is 0 Å². The summed E-state index contributed by atoms with van der Waals surface area (Å²) in [4.78, 5) is 9.54. The lowest BCUT2D eigenvalue weighted by Gasteiger charge is -2.34. The molecule has 1 saturated heterocycles. The molecule has 0 atom stereocenters. The summed E-state index contributed by atoms with van der Waals surface area (Å²) in [6.07, 6.45) is 3.99. The van der Waals surface area contributed by atoms with Gasteiger partial charge in [-0.05, 0) is 29.3 Å². The second-order valence-corrected chi connectivity index (χ2v) is 6.73. The molecule has 0 amide bonds. The third kappa shape index (κ3) is 3.77. The van der Waals surface area contributed by atoms with Gasteiger partial charge in [0.05, 0.1) is 6.61 Å². The molecule has 1 fully saturated rings. The van der Waals surface area contributed by atoms with Crippen LogP contribution in [0.3, 0.4) is 0 Å². The van der Waals surface area contributed by atoms with E-state index in [1.54, 1.807) is 0 Å². The van der Waals surface area contributed by atoms with Gasteiger partial charge in [0.25, 0.3) is 0 Å². The molecule has 0 aliphatic carbocycles. The number of nitrogens with zero attached hydrogens (tertiary/aromatic N) is 3. The van der Waals surface area contributed by atoms with E-state index in [1.807, 2.05) is 12.3 Å². The molecule has 24 heavy (non-hydrogen) atoms. The SMILES string of the molecule is c1ccc(CCN2CCN(Cc3ccc4c(c3)CCO4)CC2)nc1. The zero-order chi connectivity index (χ0) is 16.2. The van der Waals surface area contributed by atoms with Crippen molar-refractivity contribution in [3.8, 4) is 5.75 Å². The summed E-state index contributed by atoms with van der Waals surface area (Å²) < 4.78 is 5.60. The number of piperazine rings is 1. The van der Waals surface area contributed by atoms with Crippen LogP contribution < -0.4 is 4.74 Å². The molecule has 126 valence electrons. The predicted octanol–water partition coefficient (Wildman–Crippen LogP) is 2.38. The molecule has 0 saturated carbocycles. The van der Waals surface area contributed by atoms with E-state index in [2.05, 4.69) is 45.1 Å². The lowest BCUT2D eigenvalue weighted by molar-refractivity contribution is 0.128. The van der Waals surface area contributed by atoms with Crippen LogP contribution in [0.25, 0.3) is 0 Å². The van der Waals surface area contributed by atoms with Gasteiger partial charge in [0, 0.05) is 64.0 Å². The minimum atomic E-state index is 0.841. The first-order valence-electron chi connectivity index (χ1n) is 8.96. The van der Waals surface area contributed by atoms with Crippen LogP contribution in [-0.4, -0.2) is 54.1 Å². The molecule has 1 aromatic carbocycles. The number of hydrogen-bond donors (Lipinski definition) is 0. The van der Waals surface area contributed by atoms with E-state index < -0.39 is 0 Å². The minimum absolute atomic E-state index is 0.841. The van der Waals surface area contributed by atoms with E-state index in [1.165, 1.54) is 16.8 Å². The van der Waals surface area contributed by atoms with Gasteiger partial charge in [-0.3, -0.25) is 9.88 Å². The highest BCUT2D eigenvalue weighted by molar-refractivity contribution is 5.39. The topological polar surface area (TPSA) is 28.6 Å². The van der Waals surface area contributed by atoms with Crippen molar-refractivity contribution in [1.29, 1.82) is 0 Å². The summed E-state index contributed by atoms with van der Waals surface area (Å²) in [6, 6.07) is 12.9. The molecule has 0 unspecified atom stereocenters. The van der Waals surface area contributed by atoms with Crippen LogP contribution in [0.5, 0.6) is 5.75 Å². The average Bonchev–Trinajstić information content (AvgIpc) is 3.10. The van der Waals surface area contributed by atoms with E-state index >= 15 is 0 Å². The van der Waals surface area contributed by atoms with Crippen LogP contribution in [0.1, 0.15) is 16.8 Å². The number of benzene rings is 1. The Labute approximate surface area is 144 Å². The first-order chi connectivity index (χ1) is 11.9. The third-order valence-corrected chi connectivity index (χ3v) is 5.04. The van der Waals surface area contributed by atoms with Crippen molar-refractivity contribution in [3.63, 3.8) is 0 Å². The predicted molar refractivity (Wildman–Crippen MR) is 95.3 cm³/mol. The van der Waals surface area contributed by atoms with E-state index in [-0.39, 0.29) is 0 Å². The Morgan fingerprint density at radius 2 is 1.88 bits per heavy atom. The van der Waals surface area contributed by atoms with Gasteiger partial charge >= 0.3 is 0 Å². The smallest absolute Gasteiger partial charge is 0.122 e. The van der Waals surface area contributed by atoms with Gasteiger partial charge in [0.1, 0.15) is 5.75 Å². The molecule has 0 radical (unpaired) electrons. The Bertz CT molecular complexity index is 666. The number of ether oxygens (including phenoxy) is 1. The van der Waals surface area contributed by atoms with E-state index in [9.17, 15) is 0 Å². The van der Waals surface area contributed by atoms with Crippen LogP contribution in [-0.2, 0) is 19.4 Å². The van der Waals surface area contributed by atoms with Crippen molar-refractivity contribution >= 4 is 0 Å². The highest BCUT2D eigenvalue weighted by Crippen LogP contribution is 2.26. The maximum Gasteiger partial charge on any atom is 0.122 e. The van der Waals surface area contributed by atoms with Crippen LogP contribution in [0.15, 0.2) is 42.6 Å². The van der Waals surface area contributed by atoms with Gasteiger partial charge in [0.2, 0.25) is 0 Å². The van der Waals surface area contributed by atoms with Crippen molar-refractivity contribution in [3.05, 3.63) is 59.4 Å². The van der Waals surface area contributed by atoms with E-state index in [0.717, 1.165) is 64.5 Å². The van der Waals surface area contributed by atoms with Crippen molar-refractivity contribution < 1.29 is 4.74 Å². The molecule has 0 N–H and O–H groups in total. The molecule has 2 aliphatic rings. The maximum atomic E-state index is 5.60. The molecule has 4 heteroatoms. The van der Waals surface area contributed by atoms with Gasteiger partial charge in [0.15, 0.2) is 0 Å². The fraction of sp³-hybridized carbons (Fsp3) is 0.450.